The summed E-state index contributed by atoms with van der Waals surface area (Å²) in [5.41, 5.74) is 1.34. The number of hydrogen-bond acceptors (Lipinski definition) is 5. The Hall–Kier alpha value is -0.950. The minimum atomic E-state index is -0.259. The molecule has 2 aliphatic heterocycles. The van der Waals surface area contributed by atoms with Crippen molar-refractivity contribution in [2.24, 2.45) is 0 Å². The van der Waals surface area contributed by atoms with E-state index in [0.717, 1.165) is 39.0 Å². The topological polar surface area (TPSA) is 53.0 Å². The van der Waals surface area contributed by atoms with Crippen molar-refractivity contribution in [2.45, 2.75) is 38.4 Å². The van der Waals surface area contributed by atoms with Crippen LogP contribution in [0.3, 0.4) is 0 Å². The number of hydrogen-bond donors (Lipinski definition) is 1. The molecule has 1 N–H and O–H groups in total. The molecule has 0 aliphatic carbocycles. The Morgan fingerprint density at radius 3 is 2.96 bits per heavy atom. The fourth-order valence-corrected chi connectivity index (χ4v) is 4.27. The normalized spacial score (nSPS) is 23.6. The molecule has 5 nitrogen and oxygen atoms in total. The van der Waals surface area contributed by atoms with Crippen molar-refractivity contribution in [3.8, 4) is 0 Å². The summed E-state index contributed by atoms with van der Waals surface area (Å²) in [4.78, 5) is 18.0. The molecule has 3 rings (SSSR count). The van der Waals surface area contributed by atoms with Gasteiger partial charge in [-0.25, -0.2) is 0 Å². The molecule has 0 aromatic carbocycles. The quantitative estimate of drug-likeness (QED) is 0.887. The van der Waals surface area contributed by atoms with Gasteiger partial charge in [0.1, 0.15) is 6.10 Å². The molecule has 23 heavy (non-hydrogen) atoms. The van der Waals surface area contributed by atoms with Crippen LogP contribution >= 0.6 is 11.3 Å². The smallest absolute Gasteiger partial charge is 0.225 e. The number of ether oxygens (including phenoxy) is 1. The highest BCUT2D eigenvalue weighted by molar-refractivity contribution is 7.10. The molecule has 0 saturated carbocycles. The van der Waals surface area contributed by atoms with Crippen LogP contribution in [0.15, 0.2) is 11.4 Å². The third-order valence-corrected chi connectivity index (χ3v) is 5.84. The van der Waals surface area contributed by atoms with Crippen LogP contribution in [-0.4, -0.2) is 66.2 Å². The maximum Gasteiger partial charge on any atom is 0.225 e. The van der Waals surface area contributed by atoms with Crippen LogP contribution in [0.1, 0.15) is 36.3 Å². The lowest BCUT2D eigenvalue weighted by Gasteiger charge is -2.36. The number of aliphatic hydroxyl groups is 1. The molecular weight excluding hydrogens is 312 g/mol. The largest absolute Gasteiger partial charge is 0.392 e. The van der Waals surface area contributed by atoms with E-state index in [4.69, 9.17) is 4.74 Å². The van der Waals surface area contributed by atoms with Gasteiger partial charge < -0.3 is 14.7 Å². The average Bonchev–Trinajstić information content (AvgIpc) is 3.05. The second kappa shape index (κ2) is 7.75. The summed E-state index contributed by atoms with van der Waals surface area (Å²) in [6, 6.07) is 2.15. The van der Waals surface area contributed by atoms with Crippen molar-refractivity contribution in [3.05, 3.63) is 21.9 Å². The molecule has 0 bridgehead atoms. The number of amides is 1. The molecule has 0 unspecified atom stereocenters. The fraction of sp³-hybridized carbons (Fsp3) is 0.706. The average molecular weight is 338 g/mol. The van der Waals surface area contributed by atoms with E-state index in [9.17, 15) is 9.90 Å². The number of piperazine rings is 1. The zero-order chi connectivity index (χ0) is 16.2. The van der Waals surface area contributed by atoms with Gasteiger partial charge in [-0.05, 0) is 29.9 Å². The number of thiophene rings is 1. The molecule has 3 heterocycles. The molecule has 128 valence electrons. The van der Waals surface area contributed by atoms with Gasteiger partial charge in [-0.3, -0.25) is 9.69 Å². The zero-order valence-electron chi connectivity index (χ0n) is 13.7. The number of carbonyl (C=O) groups excluding carboxylic acids is 1. The van der Waals surface area contributed by atoms with Gasteiger partial charge in [0.25, 0.3) is 0 Å². The van der Waals surface area contributed by atoms with Crippen molar-refractivity contribution in [1.82, 2.24) is 9.80 Å². The fourth-order valence-electron chi connectivity index (χ4n) is 3.27. The van der Waals surface area contributed by atoms with E-state index in [2.05, 4.69) is 16.3 Å². The first-order valence-corrected chi connectivity index (χ1v) is 9.41. The van der Waals surface area contributed by atoms with Crippen LogP contribution in [0, 0.1) is 0 Å². The number of rotatable bonds is 5. The van der Waals surface area contributed by atoms with Crippen molar-refractivity contribution < 1.29 is 14.6 Å². The Morgan fingerprint density at radius 2 is 2.22 bits per heavy atom. The van der Waals surface area contributed by atoms with Crippen LogP contribution < -0.4 is 0 Å². The van der Waals surface area contributed by atoms with E-state index >= 15 is 0 Å². The molecular formula is C17H26N2O3S. The van der Waals surface area contributed by atoms with Crippen molar-refractivity contribution in [2.75, 3.05) is 39.3 Å². The van der Waals surface area contributed by atoms with Crippen LogP contribution in [-0.2, 0) is 16.0 Å². The summed E-state index contributed by atoms with van der Waals surface area (Å²) in [7, 11) is 0. The SMILES string of the molecule is CC[C@H](O)CN1CCN(C(=O)C[C@H]2OCCc3ccsc32)CC1. The van der Waals surface area contributed by atoms with Gasteiger partial charge in [-0.1, -0.05) is 6.92 Å². The third-order valence-electron chi connectivity index (χ3n) is 4.79. The summed E-state index contributed by atoms with van der Waals surface area (Å²) in [6.45, 7) is 6.61. The predicted molar refractivity (Wildman–Crippen MR) is 90.7 cm³/mol. The number of nitrogens with zero attached hydrogens (tertiary/aromatic N) is 2. The van der Waals surface area contributed by atoms with Crippen molar-refractivity contribution in [1.29, 1.82) is 0 Å². The van der Waals surface area contributed by atoms with E-state index in [1.54, 1.807) is 11.3 Å². The first kappa shape index (κ1) is 16.9. The molecule has 1 fully saturated rings. The van der Waals surface area contributed by atoms with Crippen LogP contribution in [0.2, 0.25) is 0 Å². The minimum absolute atomic E-state index is 0.0637. The summed E-state index contributed by atoms with van der Waals surface area (Å²) in [5.74, 6) is 0.187. The Balaban J connectivity index is 1.49. The highest BCUT2D eigenvalue weighted by atomic mass is 32.1. The molecule has 1 saturated heterocycles. The second-order valence-electron chi connectivity index (χ2n) is 6.37. The first-order chi connectivity index (χ1) is 11.2. The van der Waals surface area contributed by atoms with Gasteiger partial charge in [-0.15, -0.1) is 11.3 Å². The predicted octanol–water partition coefficient (Wildman–Crippen LogP) is 1.67. The minimum Gasteiger partial charge on any atom is -0.392 e. The van der Waals surface area contributed by atoms with E-state index in [1.807, 2.05) is 11.8 Å². The molecule has 6 heteroatoms. The first-order valence-electron chi connectivity index (χ1n) is 8.53. The Kier molecular flexibility index (Phi) is 5.69. The summed E-state index contributed by atoms with van der Waals surface area (Å²) in [6.07, 6.45) is 1.87. The lowest BCUT2D eigenvalue weighted by molar-refractivity contribution is -0.136. The van der Waals surface area contributed by atoms with E-state index in [0.29, 0.717) is 19.6 Å². The number of fused-ring (bicyclic) bond motifs is 1. The molecule has 1 amide bonds. The van der Waals surface area contributed by atoms with Gasteiger partial charge in [0.2, 0.25) is 5.91 Å². The Morgan fingerprint density at radius 1 is 1.43 bits per heavy atom. The van der Waals surface area contributed by atoms with Gasteiger partial charge in [-0.2, -0.15) is 0 Å². The summed E-state index contributed by atoms with van der Waals surface area (Å²) >= 11 is 1.70. The highest BCUT2D eigenvalue weighted by Gasteiger charge is 2.28. The lowest BCUT2D eigenvalue weighted by atomic mass is 10.0. The number of carbonyl (C=O) groups is 1. The van der Waals surface area contributed by atoms with Gasteiger partial charge in [0.05, 0.1) is 19.1 Å². The van der Waals surface area contributed by atoms with Crippen LogP contribution in [0.25, 0.3) is 0 Å². The van der Waals surface area contributed by atoms with E-state index in [1.165, 1.54) is 10.4 Å². The molecule has 1 aromatic rings. The molecule has 0 spiro atoms. The summed E-state index contributed by atoms with van der Waals surface area (Å²) < 4.78 is 5.83. The standard InChI is InChI=1S/C17H26N2O3S/c1-2-14(20)12-18-5-7-19(8-6-18)16(21)11-15-17-13(3-9-22-15)4-10-23-17/h4,10,14-15,20H,2-3,5-9,11-12H2,1H3/t14-,15+/m0/s1. The third kappa shape index (κ3) is 4.12. The zero-order valence-corrected chi connectivity index (χ0v) is 14.6. The second-order valence-corrected chi connectivity index (χ2v) is 7.31. The van der Waals surface area contributed by atoms with Crippen molar-refractivity contribution in [3.63, 3.8) is 0 Å². The lowest BCUT2D eigenvalue weighted by Crippen LogP contribution is -2.50. The van der Waals surface area contributed by atoms with Gasteiger partial charge in [0, 0.05) is 37.6 Å². The molecule has 2 aliphatic rings. The number of β-amino-alcohol motifs (C(OH)–C–C–N with tert-alkyl or cyclic N) is 1. The molecule has 2 atom stereocenters. The Labute approximate surface area is 141 Å². The monoisotopic (exact) mass is 338 g/mol. The van der Waals surface area contributed by atoms with Crippen molar-refractivity contribution >= 4 is 17.2 Å². The molecule has 0 radical (unpaired) electrons. The maximum absolute atomic E-state index is 12.6. The maximum atomic E-state index is 12.6. The van der Waals surface area contributed by atoms with Crippen LogP contribution in [0.5, 0.6) is 0 Å². The Bertz CT molecular complexity index is 526. The van der Waals surface area contributed by atoms with E-state index in [-0.39, 0.29) is 18.1 Å². The van der Waals surface area contributed by atoms with Crippen LogP contribution in [0.4, 0.5) is 0 Å². The molecule has 1 aromatic heterocycles. The van der Waals surface area contributed by atoms with Gasteiger partial charge in [0.15, 0.2) is 0 Å². The summed E-state index contributed by atoms with van der Waals surface area (Å²) in [5, 5.41) is 11.8. The number of aliphatic hydroxyl groups excluding tert-OH is 1. The van der Waals surface area contributed by atoms with Gasteiger partial charge >= 0.3 is 0 Å². The highest BCUT2D eigenvalue weighted by Crippen LogP contribution is 2.34. The van der Waals surface area contributed by atoms with E-state index < -0.39 is 0 Å².